The summed E-state index contributed by atoms with van der Waals surface area (Å²) in [5, 5.41) is 16.2. The van der Waals surface area contributed by atoms with Gasteiger partial charge in [-0.3, -0.25) is 4.68 Å². The molecule has 1 aromatic rings. The van der Waals surface area contributed by atoms with E-state index in [0.717, 1.165) is 0 Å². The Labute approximate surface area is 93.2 Å². The van der Waals surface area contributed by atoms with Crippen LogP contribution in [0.2, 0.25) is 0 Å². The first-order valence-corrected chi connectivity index (χ1v) is 5.12. The second kappa shape index (κ2) is 6.19. The van der Waals surface area contributed by atoms with E-state index in [4.69, 9.17) is 15.6 Å². The molecule has 0 fully saturated rings. The normalized spacial score (nSPS) is 12.4. The topological polar surface area (TPSA) is 103 Å². The van der Waals surface area contributed by atoms with E-state index in [9.17, 15) is 4.79 Å². The molecule has 1 heterocycles. The lowest BCUT2D eigenvalue weighted by molar-refractivity contribution is -0.144. The van der Waals surface area contributed by atoms with Crippen molar-refractivity contribution in [2.75, 3.05) is 13.2 Å². The summed E-state index contributed by atoms with van der Waals surface area (Å²) in [7, 11) is 0. The Morgan fingerprint density at radius 1 is 1.75 bits per heavy atom. The van der Waals surface area contributed by atoms with Crippen molar-refractivity contribution in [3.63, 3.8) is 0 Å². The summed E-state index contributed by atoms with van der Waals surface area (Å²) in [6, 6.07) is -0.900. The molecule has 0 amide bonds. The van der Waals surface area contributed by atoms with Crippen LogP contribution in [0.1, 0.15) is 25.1 Å². The Morgan fingerprint density at radius 2 is 2.50 bits per heavy atom. The van der Waals surface area contributed by atoms with Crippen molar-refractivity contribution in [2.45, 2.75) is 25.9 Å². The molecular formula is C9H16N4O3. The molecule has 0 aliphatic heterocycles. The van der Waals surface area contributed by atoms with Crippen LogP contribution in [0.4, 0.5) is 0 Å². The molecule has 0 spiro atoms. The SMILES string of the molecule is CCOC(=O)C(N)c1cn(CCCO)nn1. The van der Waals surface area contributed by atoms with Gasteiger partial charge in [-0.1, -0.05) is 5.21 Å². The van der Waals surface area contributed by atoms with Gasteiger partial charge in [0.25, 0.3) is 0 Å². The second-order valence-corrected chi connectivity index (χ2v) is 3.21. The number of hydrogen-bond acceptors (Lipinski definition) is 6. The zero-order chi connectivity index (χ0) is 12.0. The number of rotatable bonds is 6. The molecule has 0 bridgehead atoms. The summed E-state index contributed by atoms with van der Waals surface area (Å²) in [5.41, 5.74) is 6.00. The molecule has 0 aromatic carbocycles. The number of carbonyl (C=O) groups excluding carboxylic acids is 1. The van der Waals surface area contributed by atoms with Crippen LogP contribution in [-0.2, 0) is 16.1 Å². The van der Waals surface area contributed by atoms with Crippen LogP contribution in [0.25, 0.3) is 0 Å². The highest BCUT2D eigenvalue weighted by atomic mass is 16.5. The molecule has 1 aromatic heterocycles. The average Bonchev–Trinajstić information content (AvgIpc) is 2.74. The molecule has 90 valence electrons. The molecule has 7 nitrogen and oxygen atoms in total. The molecule has 1 unspecified atom stereocenters. The lowest BCUT2D eigenvalue weighted by Crippen LogP contribution is -2.24. The molecule has 1 rings (SSSR count). The molecule has 7 heteroatoms. The molecule has 16 heavy (non-hydrogen) atoms. The van der Waals surface area contributed by atoms with Gasteiger partial charge in [0, 0.05) is 13.2 Å². The van der Waals surface area contributed by atoms with Crippen LogP contribution in [0.3, 0.4) is 0 Å². The fourth-order valence-corrected chi connectivity index (χ4v) is 1.15. The van der Waals surface area contributed by atoms with E-state index in [-0.39, 0.29) is 13.2 Å². The highest BCUT2D eigenvalue weighted by molar-refractivity contribution is 5.76. The van der Waals surface area contributed by atoms with Crippen molar-refractivity contribution in [2.24, 2.45) is 5.73 Å². The zero-order valence-corrected chi connectivity index (χ0v) is 9.17. The van der Waals surface area contributed by atoms with Gasteiger partial charge in [-0.15, -0.1) is 5.10 Å². The number of aliphatic hydroxyl groups is 1. The van der Waals surface area contributed by atoms with Crippen molar-refractivity contribution in [1.29, 1.82) is 0 Å². The summed E-state index contributed by atoms with van der Waals surface area (Å²) >= 11 is 0. The second-order valence-electron chi connectivity index (χ2n) is 3.21. The Kier molecular flexibility index (Phi) is 4.87. The number of aryl methyl sites for hydroxylation is 1. The first-order valence-electron chi connectivity index (χ1n) is 5.12. The number of aromatic nitrogens is 3. The number of esters is 1. The zero-order valence-electron chi connectivity index (χ0n) is 9.17. The van der Waals surface area contributed by atoms with Crippen molar-refractivity contribution < 1.29 is 14.6 Å². The third kappa shape index (κ3) is 3.28. The van der Waals surface area contributed by atoms with E-state index >= 15 is 0 Å². The molecule has 0 saturated carbocycles. The fourth-order valence-electron chi connectivity index (χ4n) is 1.15. The van der Waals surface area contributed by atoms with Gasteiger partial charge in [-0.2, -0.15) is 0 Å². The standard InChI is InChI=1S/C9H16N4O3/c1-2-16-9(15)8(10)7-6-13(12-11-7)4-3-5-14/h6,8,14H,2-5,10H2,1H3. The maximum absolute atomic E-state index is 11.3. The number of carbonyl (C=O) groups is 1. The summed E-state index contributed by atoms with van der Waals surface area (Å²) < 4.78 is 6.30. The predicted octanol–water partition coefficient (Wildman–Crippen LogP) is -0.777. The van der Waals surface area contributed by atoms with E-state index in [2.05, 4.69) is 10.3 Å². The van der Waals surface area contributed by atoms with Crippen LogP contribution in [0, 0.1) is 0 Å². The summed E-state index contributed by atoms with van der Waals surface area (Å²) in [4.78, 5) is 11.3. The van der Waals surface area contributed by atoms with E-state index in [1.807, 2.05) is 0 Å². The number of nitrogens with zero attached hydrogens (tertiary/aromatic N) is 3. The Morgan fingerprint density at radius 3 is 3.12 bits per heavy atom. The Bertz CT molecular complexity index is 339. The van der Waals surface area contributed by atoms with Gasteiger partial charge in [0.1, 0.15) is 11.7 Å². The molecule has 0 aliphatic rings. The summed E-state index contributed by atoms with van der Waals surface area (Å²) in [6.07, 6.45) is 2.16. The van der Waals surface area contributed by atoms with Crippen molar-refractivity contribution >= 4 is 5.97 Å². The fraction of sp³-hybridized carbons (Fsp3) is 0.667. The van der Waals surface area contributed by atoms with E-state index in [1.165, 1.54) is 4.68 Å². The average molecular weight is 228 g/mol. The number of ether oxygens (including phenoxy) is 1. The lowest BCUT2D eigenvalue weighted by Gasteiger charge is -2.06. The van der Waals surface area contributed by atoms with Crippen LogP contribution in [0.15, 0.2) is 6.20 Å². The van der Waals surface area contributed by atoms with Crippen molar-refractivity contribution in [1.82, 2.24) is 15.0 Å². The highest BCUT2D eigenvalue weighted by Gasteiger charge is 2.20. The first-order chi connectivity index (χ1) is 7.69. The van der Waals surface area contributed by atoms with Gasteiger partial charge in [0.05, 0.1) is 12.8 Å². The molecule has 0 radical (unpaired) electrons. The van der Waals surface area contributed by atoms with Crippen LogP contribution in [0.5, 0.6) is 0 Å². The van der Waals surface area contributed by atoms with Crippen molar-refractivity contribution in [3.05, 3.63) is 11.9 Å². The Hall–Kier alpha value is -1.47. The largest absolute Gasteiger partial charge is 0.465 e. The van der Waals surface area contributed by atoms with E-state index < -0.39 is 12.0 Å². The Balaban J connectivity index is 2.59. The van der Waals surface area contributed by atoms with Crippen LogP contribution < -0.4 is 5.73 Å². The highest BCUT2D eigenvalue weighted by Crippen LogP contribution is 2.07. The van der Waals surface area contributed by atoms with Crippen LogP contribution in [-0.4, -0.2) is 39.3 Å². The van der Waals surface area contributed by atoms with Gasteiger partial charge in [-0.25, -0.2) is 4.79 Å². The van der Waals surface area contributed by atoms with Gasteiger partial charge in [0.2, 0.25) is 0 Å². The minimum atomic E-state index is -0.900. The number of aliphatic hydroxyl groups excluding tert-OH is 1. The monoisotopic (exact) mass is 228 g/mol. The molecule has 3 N–H and O–H groups in total. The summed E-state index contributed by atoms with van der Waals surface area (Å²) in [6.45, 7) is 2.62. The smallest absolute Gasteiger partial charge is 0.329 e. The third-order valence-corrected chi connectivity index (χ3v) is 1.96. The number of nitrogens with two attached hydrogens (primary N) is 1. The maximum atomic E-state index is 11.3. The minimum absolute atomic E-state index is 0.0825. The quantitative estimate of drug-likeness (QED) is 0.619. The van der Waals surface area contributed by atoms with Gasteiger partial charge in [-0.05, 0) is 13.3 Å². The van der Waals surface area contributed by atoms with E-state index in [1.54, 1.807) is 13.1 Å². The lowest BCUT2D eigenvalue weighted by atomic mass is 10.2. The van der Waals surface area contributed by atoms with Gasteiger partial charge < -0.3 is 15.6 Å². The van der Waals surface area contributed by atoms with Crippen molar-refractivity contribution in [3.8, 4) is 0 Å². The first kappa shape index (κ1) is 12.6. The maximum Gasteiger partial charge on any atom is 0.329 e. The van der Waals surface area contributed by atoms with Crippen LogP contribution >= 0.6 is 0 Å². The van der Waals surface area contributed by atoms with Gasteiger partial charge in [0.15, 0.2) is 0 Å². The van der Waals surface area contributed by atoms with E-state index in [0.29, 0.717) is 18.7 Å². The molecule has 1 atom stereocenters. The molecule has 0 aliphatic carbocycles. The number of hydrogen-bond donors (Lipinski definition) is 2. The van der Waals surface area contributed by atoms with Gasteiger partial charge >= 0.3 is 5.97 Å². The summed E-state index contributed by atoms with van der Waals surface area (Å²) in [5.74, 6) is -0.517. The molecule has 0 saturated heterocycles. The molecular weight excluding hydrogens is 212 g/mol. The predicted molar refractivity (Wildman–Crippen MR) is 55.3 cm³/mol. The minimum Gasteiger partial charge on any atom is -0.465 e. The third-order valence-electron chi connectivity index (χ3n) is 1.96.